The molecule has 1 fully saturated rings. The van der Waals surface area contributed by atoms with Crippen LogP contribution in [0.1, 0.15) is 22.3 Å². The standard InChI is InChI=1S/C25H20ClFN2O4S/c1-15-7-8-16(2)17(11-15)13-28-22-6-4-3-5-19(22)25(24(28)31)29(23(30)14-34(25,32)33)18-9-10-21(27)20(26)12-18/h3-12H,13-14H2,1-2H3/t25-/m0/s1. The van der Waals surface area contributed by atoms with E-state index in [0.29, 0.717) is 5.69 Å². The molecule has 0 aromatic heterocycles. The fourth-order valence-electron chi connectivity index (χ4n) is 4.81. The third kappa shape index (κ3) is 3.02. The van der Waals surface area contributed by atoms with Gasteiger partial charge in [0, 0.05) is 11.3 Å². The van der Waals surface area contributed by atoms with Crippen LogP contribution in [0.4, 0.5) is 15.8 Å². The lowest BCUT2D eigenvalue weighted by Gasteiger charge is -2.32. The molecule has 2 aliphatic rings. The van der Waals surface area contributed by atoms with Gasteiger partial charge in [0.15, 0.2) is 9.84 Å². The molecule has 2 aliphatic heterocycles. The molecule has 2 heterocycles. The molecule has 2 amide bonds. The minimum absolute atomic E-state index is 0.0363. The molecule has 6 nitrogen and oxygen atoms in total. The highest BCUT2D eigenvalue weighted by molar-refractivity contribution is 7.94. The first-order chi connectivity index (χ1) is 16.1. The summed E-state index contributed by atoms with van der Waals surface area (Å²) in [6.07, 6.45) is 0. The second kappa shape index (κ2) is 7.65. The molecule has 1 spiro atoms. The number of sulfone groups is 1. The van der Waals surface area contributed by atoms with Crippen molar-refractivity contribution in [1.82, 2.24) is 0 Å². The largest absolute Gasteiger partial charge is 0.304 e. The van der Waals surface area contributed by atoms with Crippen molar-refractivity contribution < 1.29 is 22.4 Å². The van der Waals surface area contributed by atoms with E-state index < -0.39 is 38.1 Å². The van der Waals surface area contributed by atoms with E-state index in [9.17, 15) is 22.4 Å². The molecule has 0 aliphatic carbocycles. The number of carbonyl (C=O) groups excluding carboxylic acids is 2. The van der Waals surface area contributed by atoms with Gasteiger partial charge in [-0.15, -0.1) is 0 Å². The molecule has 0 N–H and O–H groups in total. The molecule has 5 rings (SSSR count). The lowest BCUT2D eigenvalue weighted by molar-refractivity contribution is -0.123. The molecule has 34 heavy (non-hydrogen) atoms. The Balaban J connectivity index is 1.75. The number of aryl methyl sites for hydroxylation is 2. The summed E-state index contributed by atoms with van der Waals surface area (Å²) < 4.78 is 41.1. The van der Waals surface area contributed by atoms with Crippen molar-refractivity contribution in [3.63, 3.8) is 0 Å². The summed E-state index contributed by atoms with van der Waals surface area (Å²) in [6, 6.07) is 15.9. The van der Waals surface area contributed by atoms with Crippen molar-refractivity contribution >= 4 is 44.6 Å². The number of hydrogen-bond acceptors (Lipinski definition) is 4. The van der Waals surface area contributed by atoms with Gasteiger partial charge in [-0.1, -0.05) is 53.6 Å². The lowest BCUT2D eigenvalue weighted by Crippen LogP contribution is -2.54. The van der Waals surface area contributed by atoms with E-state index in [1.54, 1.807) is 24.3 Å². The van der Waals surface area contributed by atoms with Crippen LogP contribution in [-0.2, 0) is 30.8 Å². The SMILES string of the molecule is Cc1ccc(C)c(CN2C(=O)[C@@]3(c4ccccc42)N(c2ccc(F)c(Cl)c2)C(=O)CS3(=O)=O)c1. The molecule has 0 saturated carbocycles. The molecule has 0 unspecified atom stereocenters. The number of hydrogen-bond donors (Lipinski definition) is 0. The minimum Gasteiger partial charge on any atom is -0.304 e. The Labute approximate surface area is 201 Å². The Morgan fingerprint density at radius 1 is 1.03 bits per heavy atom. The fraction of sp³-hybridized carbons (Fsp3) is 0.200. The van der Waals surface area contributed by atoms with Crippen molar-refractivity contribution in [3.05, 3.63) is 93.8 Å². The van der Waals surface area contributed by atoms with Crippen LogP contribution in [-0.4, -0.2) is 26.0 Å². The van der Waals surface area contributed by atoms with Gasteiger partial charge in [0.2, 0.25) is 5.91 Å². The first kappa shape index (κ1) is 22.6. The zero-order chi connectivity index (χ0) is 24.4. The lowest BCUT2D eigenvalue weighted by atomic mass is 10.0. The van der Waals surface area contributed by atoms with E-state index in [2.05, 4.69) is 0 Å². The molecular weight excluding hydrogens is 479 g/mol. The Hall–Kier alpha value is -3.23. The van der Waals surface area contributed by atoms with Crippen LogP contribution in [0.5, 0.6) is 0 Å². The number of nitrogens with zero attached hydrogens (tertiary/aromatic N) is 2. The highest BCUT2D eigenvalue weighted by Gasteiger charge is 2.69. The number of anilines is 2. The van der Waals surface area contributed by atoms with Crippen LogP contribution in [0, 0.1) is 19.7 Å². The predicted molar refractivity (Wildman–Crippen MR) is 128 cm³/mol. The first-order valence-corrected chi connectivity index (χ1v) is 12.6. The fourth-order valence-corrected chi connectivity index (χ4v) is 7.02. The number of amides is 2. The summed E-state index contributed by atoms with van der Waals surface area (Å²) in [4.78, 5) is 27.3. The summed E-state index contributed by atoms with van der Waals surface area (Å²) in [5.41, 5.74) is 3.44. The summed E-state index contributed by atoms with van der Waals surface area (Å²) in [5, 5.41) is -0.282. The maximum Gasteiger partial charge on any atom is 0.274 e. The quantitative estimate of drug-likeness (QED) is 0.541. The average molecular weight is 499 g/mol. The van der Waals surface area contributed by atoms with Gasteiger partial charge in [0.1, 0.15) is 11.6 Å². The number of benzene rings is 3. The first-order valence-electron chi connectivity index (χ1n) is 10.6. The highest BCUT2D eigenvalue weighted by atomic mass is 35.5. The number of para-hydroxylation sites is 1. The van der Waals surface area contributed by atoms with Crippen LogP contribution >= 0.6 is 11.6 Å². The van der Waals surface area contributed by atoms with E-state index >= 15 is 0 Å². The normalized spacial score (nSPS) is 20.9. The predicted octanol–water partition coefficient (Wildman–Crippen LogP) is 4.26. The number of fused-ring (bicyclic) bond motifs is 2. The van der Waals surface area contributed by atoms with Crippen LogP contribution in [0.25, 0.3) is 0 Å². The second-order valence-electron chi connectivity index (χ2n) is 8.57. The third-order valence-electron chi connectivity index (χ3n) is 6.42. The van der Waals surface area contributed by atoms with Gasteiger partial charge in [0.25, 0.3) is 10.8 Å². The Morgan fingerprint density at radius 3 is 2.50 bits per heavy atom. The molecule has 3 aromatic carbocycles. The van der Waals surface area contributed by atoms with Crippen molar-refractivity contribution in [1.29, 1.82) is 0 Å². The van der Waals surface area contributed by atoms with E-state index in [1.807, 2.05) is 32.0 Å². The Bertz CT molecular complexity index is 1490. The van der Waals surface area contributed by atoms with Crippen LogP contribution in [0.3, 0.4) is 0 Å². The van der Waals surface area contributed by atoms with Gasteiger partial charge >= 0.3 is 0 Å². The molecule has 174 valence electrons. The molecule has 3 aromatic rings. The molecule has 0 radical (unpaired) electrons. The van der Waals surface area contributed by atoms with Gasteiger partial charge in [-0.2, -0.15) is 0 Å². The van der Waals surface area contributed by atoms with Gasteiger partial charge in [-0.25, -0.2) is 12.8 Å². The van der Waals surface area contributed by atoms with Crippen molar-refractivity contribution in [2.75, 3.05) is 15.6 Å². The molecule has 1 saturated heterocycles. The Kier molecular flexibility index (Phi) is 5.07. The highest BCUT2D eigenvalue weighted by Crippen LogP contribution is 2.53. The van der Waals surface area contributed by atoms with Crippen molar-refractivity contribution in [2.45, 2.75) is 25.3 Å². The summed E-state index contributed by atoms with van der Waals surface area (Å²) in [5.74, 6) is -3.09. The summed E-state index contributed by atoms with van der Waals surface area (Å²) >= 11 is 5.95. The molecule has 1 atom stereocenters. The molecule has 0 bridgehead atoms. The molecular formula is C25H20ClFN2O4S. The van der Waals surface area contributed by atoms with E-state index in [1.165, 1.54) is 17.0 Å². The number of carbonyl (C=O) groups is 2. The monoisotopic (exact) mass is 498 g/mol. The number of rotatable bonds is 3. The Morgan fingerprint density at radius 2 is 1.76 bits per heavy atom. The third-order valence-corrected chi connectivity index (χ3v) is 8.81. The zero-order valence-corrected chi connectivity index (χ0v) is 20.0. The summed E-state index contributed by atoms with van der Waals surface area (Å²) in [6.45, 7) is 3.98. The minimum atomic E-state index is -4.31. The van der Waals surface area contributed by atoms with E-state index in [-0.39, 0.29) is 22.8 Å². The molecule has 9 heteroatoms. The van der Waals surface area contributed by atoms with Gasteiger partial charge in [-0.05, 0) is 49.2 Å². The smallest absolute Gasteiger partial charge is 0.274 e. The topological polar surface area (TPSA) is 74.8 Å². The maximum absolute atomic E-state index is 14.1. The van der Waals surface area contributed by atoms with Crippen LogP contribution < -0.4 is 9.80 Å². The zero-order valence-electron chi connectivity index (χ0n) is 18.4. The average Bonchev–Trinajstić information content (AvgIpc) is 3.15. The van der Waals surface area contributed by atoms with E-state index in [4.69, 9.17) is 11.6 Å². The maximum atomic E-state index is 14.1. The van der Waals surface area contributed by atoms with Gasteiger partial charge in [-0.3, -0.25) is 14.5 Å². The second-order valence-corrected chi connectivity index (χ2v) is 11.1. The van der Waals surface area contributed by atoms with Crippen LogP contribution in [0.15, 0.2) is 60.7 Å². The van der Waals surface area contributed by atoms with Crippen molar-refractivity contribution in [3.8, 4) is 0 Å². The van der Waals surface area contributed by atoms with E-state index in [0.717, 1.165) is 27.7 Å². The van der Waals surface area contributed by atoms with Crippen LogP contribution in [0.2, 0.25) is 5.02 Å². The summed E-state index contributed by atoms with van der Waals surface area (Å²) in [7, 11) is -4.31. The van der Waals surface area contributed by atoms with Gasteiger partial charge < -0.3 is 4.90 Å². The van der Waals surface area contributed by atoms with Crippen molar-refractivity contribution in [2.24, 2.45) is 0 Å². The number of halogens is 2. The van der Waals surface area contributed by atoms with Gasteiger partial charge in [0.05, 0.1) is 17.3 Å².